The summed E-state index contributed by atoms with van der Waals surface area (Å²) in [7, 11) is 2.16. The molecule has 0 aliphatic heterocycles. The lowest BCUT2D eigenvalue weighted by Crippen LogP contribution is -1.93. The van der Waals surface area contributed by atoms with E-state index < -0.39 is 0 Å². The fourth-order valence-electron chi connectivity index (χ4n) is 4.95. The molecule has 0 radical (unpaired) electrons. The monoisotopic (exact) mass is 417 g/mol. The summed E-state index contributed by atoms with van der Waals surface area (Å²) in [5, 5.41) is 5.71. The molecule has 1 heterocycles. The summed E-state index contributed by atoms with van der Waals surface area (Å²) in [6.07, 6.45) is 0. The first kappa shape index (κ1) is 18.2. The molecule has 5 aromatic carbocycles. The third-order valence-electron chi connectivity index (χ3n) is 6.24. The van der Waals surface area contributed by atoms with Crippen LogP contribution in [0.5, 0.6) is 0 Å². The van der Waals surface area contributed by atoms with Gasteiger partial charge in [-0.25, -0.2) is 0 Å². The Balaban J connectivity index is 1.98. The fourth-order valence-corrected chi connectivity index (χ4v) is 5.12. The number of aryl methyl sites for hydroxylation is 1. The number of hydrogen-bond acceptors (Lipinski definition) is 0. The van der Waals surface area contributed by atoms with Crippen molar-refractivity contribution in [2.75, 3.05) is 0 Å². The van der Waals surface area contributed by atoms with E-state index in [2.05, 4.69) is 109 Å². The van der Waals surface area contributed by atoms with Crippen LogP contribution in [0.25, 0.3) is 54.8 Å². The van der Waals surface area contributed by atoms with Crippen molar-refractivity contribution in [3.8, 4) is 22.3 Å². The quantitative estimate of drug-likeness (QED) is 0.266. The Hall–Kier alpha value is -3.55. The Labute approximate surface area is 186 Å². The molecule has 31 heavy (non-hydrogen) atoms. The molecule has 1 aromatic heterocycles. The molecular formula is C29H20ClN. The summed E-state index contributed by atoms with van der Waals surface area (Å²) in [6.45, 7) is 0. The molecule has 0 N–H and O–H groups in total. The van der Waals surface area contributed by atoms with Crippen molar-refractivity contribution >= 4 is 44.2 Å². The van der Waals surface area contributed by atoms with E-state index in [0.29, 0.717) is 0 Å². The second-order valence-corrected chi connectivity index (χ2v) is 8.41. The van der Waals surface area contributed by atoms with Crippen LogP contribution >= 0.6 is 11.6 Å². The van der Waals surface area contributed by atoms with Gasteiger partial charge in [-0.1, -0.05) is 96.5 Å². The minimum atomic E-state index is 0.752. The maximum Gasteiger partial charge on any atom is 0.0575 e. The van der Waals surface area contributed by atoms with Gasteiger partial charge in [0.05, 0.1) is 5.52 Å². The molecule has 0 aliphatic rings. The van der Waals surface area contributed by atoms with Crippen molar-refractivity contribution < 1.29 is 0 Å². The molecule has 0 atom stereocenters. The highest BCUT2D eigenvalue weighted by atomic mass is 35.5. The molecule has 0 saturated carbocycles. The molecule has 6 aromatic rings. The van der Waals surface area contributed by atoms with Crippen LogP contribution in [0.4, 0.5) is 0 Å². The van der Waals surface area contributed by atoms with Crippen LogP contribution in [0.2, 0.25) is 5.02 Å². The van der Waals surface area contributed by atoms with Crippen LogP contribution in [-0.4, -0.2) is 4.57 Å². The topological polar surface area (TPSA) is 4.93 Å². The highest BCUT2D eigenvalue weighted by molar-refractivity contribution is 6.33. The maximum atomic E-state index is 6.54. The molecule has 2 heteroatoms. The average Bonchev–Trinajstić information content (AvgIpc) is 3.12. The minimum Gasteiger partial charge on any atom is -0.343 e. The third-order valence-corrected chi connectivity index (χ3v) is 6.47. The van der Waals surface area contributed by atoms with Gasteiger partial charge in [-0.2, -0.15) is 0 Å². The lowest BCUT2D eigenvalue weighted by Gasteiger charge is -2.18. The van der Waals surface area contributed by atoms with Gasteiger partial charge in [0.25, 0.3) is 0 Å². The van der Waals surface area contributed by atoms with Gasteiger partial charge in [0, 0.05) is 39.3 Å². The molecule has 0 fully saturated rings. The van der Waals surface area contributed by atoms with Gasteiger partial charge in [-0.05, 0) is 40.3 Å². The molecule has 0 saturated heterocycles. The number of nitrogens with zero attached hydrogens (tertiary/aromatic N) is 1. The van der Waals surface area contributed by atoms with Crippen LogP contribution in [-0.2, 0) is 7.05 Å². The molecule has 0 unspecified atom stereocenters. The van der Waals surface area contributed by atoms with E-state index in [0.717, 1.165) is 5.02 Å². The molecular weight excluding hydrogens is 398 g/mol. The second-order valence-electron chi connectivity index (χ2n) is 7.97. The lowest BCUT2D eigenvalue weighted by atomic mass is 9.86. The van der Waals surface area contributed by atoms with E-state index in [1.807, 2.05) is 6.07 Å². The number of hydrogen-bond donors (Lipinski definition) is 0. The smallest absolute Gasteiger partial charge is 0.0575 e. The lowest BCUT2D eigenvalue weighted by molar-refractivity contribution is 1.02. The first-order valence-corrected chi connectivity index (χ1v) is 10.8. The predicted octanol–water partition coefficient (Wildman–Crippen LogP) is 8.47. The number of benzene rings is 5. The fraction of sp³-hybridized carbons (Fsp3) is 0.0345. The second kappa shape index (κ2) is 7.01. The van der Waals surface area contributed by atoms with Crippen molar-refractivity contribution in [1.82, 2.24) is 4.57 Å². The first-order valence-electron chi connectivity index (χ1n) is 10.5. The summed E-state index contributed by atoms with van der Waals surface area (Å²) in [4.78, 5) is 0. The summed E-state index contributed by atoms with van der Waals surface area (Å²) >= 11 is 6.54. The van der Waals surface area contributed by atoms with Crippen LogP contribution in [0, 0.1) is 0 Å². The van der Waals surface area contributed by atoms with Crippen molar-refractivity contribution in [2.24, 2.45) is 7.05 Å². The van der Waals surface area contributed by atoms with Crippen LogP contribution in [0.15, 0.2) is 103 Å². The maximum absolute atomic E-state index is 6.54. The van der Waals surface area contributed by atoms with E-state index in [4.69, 9.17) is 11.6 Å². The van der Waals surface area contributed by atoms with E-state index in [1.165, 1.54) is 54.8 Å². The van der Waals surface area contributed by atoms with Gasteiger partial charge in [0.2, 0.25) is 0 Å². The molecule has 0 aliphatic carbocycles. The summed E-state index contributed by atoms with van der Waals surface area (Å²) in [5.41, 5.74) is 7.37. The van der Waals surface area contributed by atoms with Gasteiger partial charge in [-0.3, -0.25) is 0 Å². The van der Waals surface area contributed by atoms with Gasteiger partial charge < -0.3 is 4.57 Å². The summed E-state index contributed by atoms with van der Waals surface area (Å²) in [6, 6.07) is 36.3. The molecule has 0 spiro atoms. The van der Waals surface area contributed by atoms with Crippen LogP contribution < -0.4 is 0 Å². The van der Waals surface area contributed by atoms with E-state index in [1.54, 1.807) is 0 Å². The zero-order chi connectivity index (χ0) is 20.9. The Bertz CT molecular complexity index is 1580. The Morgan fingerprint density at radius 2 is 1.19 bits per heavy atom. The van der Waals surface area contributed by atoms with Gasteiger partial charge in [0.1, 0.15) is 0 Å². The highest BCUT2D eigenvalue weighted by Gasteiger charge is 2.22. The van der Waals surface area contributed by atoms with Crippen molar-refractivity contribution in [3.05, 3.63) is 108 Å². The molecule has 0 amide bonds. The number of para-hydroxylation sites is 1. The average molecular weight is 418 g/mol. The van der Waals surface area contributed by atoms with E-state index in [9.17, 15) is 0 Å². The highest BCUT2D eigenvalue weighted by Crippen LogP contribution is 2.48. The van der Waals surface area contributed by atoms with Crippen LogP contribution in [0.1, 0.15) is 0 Å². The molecule has 1 nitrogen and oxygen atoms in total. The molecule has 0 bridgehead atoms. The number of aromatic nitrogens is 1. The normalized spacial score (nSPS) is 11.5. The zero-order valence-corrected chi connectivity index (χ0v) is 17.9. The van der Waals surface area contributed by atoms with Gasteiger partial charge in [0.15, 0.2) is 0 Å². The predicted molar refractivity (Wildman–Crippen MR) is 134 cm³/mol. The Morgan fingerprint density at radius 1 is 0.581 bits per heavy atom. The van der Waals surface area contributed by atoms with Gasteiger partial charge in [-0.15, -0.1) is 0 Å². The first-order chi connectivity index (χ1) is 15.2. The van der Waals surface area contributed by atoms with Crippen molar-refractivity contribution in [1.29, 1.82) is 0 Å². The zero-order valence-electron chi connectivity index (χ0n) is 17.1. The SMILES string of the molecule is Cn1c2ccccc2c2c(-c3ccccc3)c(-c3ccccc3)c3cc(Cl)ccc3c21. The van der Waals surface area contributed by atoms with E-state index in [-0.39, 0.29) is 0 Å². The number of rotatable bonds is 2. The Kier molecular flexibility index (Phi) is 4.12. The number of halogens is 1. The van der Waals surface area contributed by atoms with Crippen LogP contribution in [0.3, 0.4) is 0 Å². The third kappa shape index (κ3) is 2.71. The van der Waals surface area contributed by atoms with E-state index >= 15 is 0 Å². The molecule has 6 rings (SSSR count). The van der Waals surface area contributed by atoms with Crippen molar-refractivity contribution in [2.45, 2.75) is 0 Å². The molecule has 148 valence electrons. The Morgan fingerprint density at radius 3 is 1.90 bits per heavy atom. The standard InChI is InChI=1S/C29H20ClN/c1-31-25-15-9-8-14-23(25)28-27(20-12-6-3-7-13-20)26(19-10-4-2-5-11-19)24-18-21(30)16-17-22(24)29(28)31/h2-18H,1H3. The van der Waals surface area contributed by atoms with Crippen molar-refractivity contribution in [3.63, 3.8) is 0 Å². The van der Waals surface area contributed by atoms with Gasteiger partial charge >= 0.3 is 0 Å². The largest absolute Gasteiger partial charge is 0.343 e. The summed E-state index contributed by atoms with van der Waals surface area (Å²) < 4.78 is 2.32. The minimum absolute atomic E-state index is 0.752. The summed E-state index contributed by atoms with van der Waals surface area (Å²) in [5.74, 6) is 0. The number of fused-ring (bicyclic) bond motifs is 5.